The van der Waals surface area contributed by atoms with Gasteiger partial charge in [-0.3, -0.25) is 0 Å². The summed E-state index contributed by atoms with van der Waals surface area (Å²) in [5.74, 6) is 0. The van der Waals surface area contributed by atoms with E-state index in [9.17, 15) is 4.80 Å². The smallest absolute Gasteiger partial charge is 1.00 e. The van der Waals surface area contributed by atoms with Gasteiger partial charge in [-0.2, -0.15) is 0 Å². The van der Waals surface area contributed by atoms with Crippen LogP contribution in [0.2, 0.25) is 6.55 Å². The summed E-state index contributed by atoms with van der Waals surface area (Å²) in [5, 5.41) is 1.88. The molecule has 0 spiro atoms. The summed E-state index contributed by atoms with van der Waals surface area (Å²) in [6, 6.07) is 19.4. The van der Waals surface area contributed by atoms with Gasteiger partial charge in [0.15, 0.2) is 0 Å². The zero-order valence-electron chi connectivity index (χ0n) is 9.77. The average molecular weight is 318 g/mol. The standard InChI is InChI=1S/C13H13OSi.BrH.Mg/c1-15(14,12-8-4-2-5-9-12)13-10-6-3-7-11-13;;/h2-11H,1H3;1H;/q-1;;+2/p-1. The second kappa shape index (κ2) is 7.33. The van der Waals surface area contributed by atoms with Crippen LogP contribution in [0.3, 0.4) is 0 Å². The number of benzene rings is 2. The van der Waals surface area contributed by atoms with E-state index in [0.717, 1.165) is 10.4 Å². The van der Waals surface area contributed by atoms with Gasteiger partial charge in [-0.25, -0.2) is 0 Å². The van der Waals surface area contributed by atoms with Crippen molar-refractivity contribution in [1.29, 1.82) is 0 Å². The predicted molar refractivity (Wildman–Crippen MR) is 69.5 cm³/mol. The van der Waals surface area contributed by atoms with E-state index in [1.165, 1.54) is 0 Å². The first-order valence-corrected chi connectivity index (χ1v) is 7.43. The summed E-state index contributed by atoms with van der Waals surface area (Å²) in [5.41, 5.74) is 0. The molecule has 0 heterocycles. The number of halogens is 1. The molecule has 2 aromatic rings. The van der Waals surface area contributed by atoms with Crippen LogP contribution in [0, 0.1) is 0 Å². The van der Waals surface area contributed by atoms with Gasteiger partial charge in [0.2, 0.25) is 0 Å². The van der Waals surface area contributed by atoms with Crippen LogP contribution in [-0.2, 0) is 0 Å². The average Bonchev–Trinajstić information content (AvgIpc) is 2.31. The molecule has 2 rings (SSSR count). The first-order valence-electron chi connectivity index (χ1n) is 5.03. The summed E-state index contributed by atoms with van der Waals surface area (Å²) in [4.78, 5) is 12.6. The van der Waals surface area contributed by atoms with E-state index in [1.807, 2.05) is 67.2 Å². The molecule has 84 valence electrons. The van der Waals surface area contributed by atoms with E-state index < -0.39 is 8.32 Å². The van der Waals surface area contributed by atoms with Gasteiger partial charge in [0.25, 0.3) is 0 Å². The Hall–Kier alpha value is -0.137. The van der Waals surface area contributed by atoms with Gasteiger partial charge in [-0.15, -0.1) is 0 Å². The van der Waals surface area contributed by atoms with Crippen LogP contribution >= 0.6 is 0 Å². The first-order chi connectivity index (χ1) is 7.21. The molecule has 0 unspecified atom stereocenters. The minimum absolute atomic E-state index is 0. The molecule has 0 aliphatic heterocycles. The molecule has 17 heavy (non-hydrogen) atoms. The third-order valence-corrected chi connectivity index (χ3v) is 5.52. The Morgan fingerprint density at radius 3 is 1.35 bits per heavy atom. The van der Waals surface area contributed by atoms with Gasteiger partial charge in [-0.1, -0.05) is 77.6 Å². The van der Waals surface area contributed by atoms with Crippen molar-refractivity contribution < 1.29 is 21.8 Å². The molecule has 0 saturated carbocycles. The van der Waals surface area contributed by atoms with E-state index in [0.29, 0.717) is 0 Å². The number of hydrogen-bond acceptors (Lipinski definition) is 1. The predicted octanol–water partition coefficient (Wildman–Crippen LogP) is -2.64. The van der Waals surface area contributed by atoms with Gasteiger partial charge in [0.1, 0.15) is 0 Å². The summed E-state index contributed by atoms with van der Waals surface area (Å²) >= 11 is 0. The fraction of sp³-hybridized carbons (Fsp3) is 0.0769. The molecule has 0 fully saturated rings. The topological polar surface area (TPSA) is 23.1 Å². The zero-order valence-corrected chi connectivity index (χ0v) is 13.8. The van der Waals surface area contributed by atoms with E-state index >= 15 is 0 Å². The molecule has 0 bridgehead atoms. The van der Waals surface area contributed by atoms with Crippen molar-refractivity contribution in [2.75, 3.05) is 0 Å². The molecule has 4 heteroatoms. The summed E-state index contributed by atoms with van der Waals surface area (Å²) in [7, 11) is -2.71. The van der Waals surface area contributed by atoms with E-state index in [1.54, 1.807) is 0 Å². The molecule has 1 nitrogen and oxygen atoms in total. The van der Waals surface area contributed by atoms with Crippen molar-refractivity contribution in [2.45, 2.75) is 6.55 Å². The Kier molecular flexibility index (Phi) is 7.27. The number of hydrogen-bond donors (Lipinski definition) is 0. The maximum atomic E-state index is 12.6. The van der Waals surface area contributed by atoms with Crippen molar-refractivity contribution in [1.82, 2.24) is 0 Å². The second-order valence-corrected chi connectivity index (χ2v) is 6.99. The fourth-order valence-electron chi connectivity index (χ4n) is 1.68. The van der Waals surface area contributed by atoms with Crippen LogP contribution < -0.4 is 32.2 Å². The summed E-state index contributed by atoms with van der Waals surface area (Å²) in [6.45, 7) is 1.84. The maximum absolute atomic E-state index is 12.6. The van der Waals surface area contributed by atoms with Crippen LogP contribution in [0.5, 0.6) is 0 Å². The van der Waals surface area contributed by atoms with Crippen LogP contribution in [0.25, 0.3) is 0 Å². The first kappa shape index (κ1) is 16.9. The summed E-state index contributed by atoms with van der Waals surface area (Å²) < 4.78 is 0. The molecule has 0 radical (unpaired) electrons. The molecule has 0 saturated heterocycles. The zero-order chi connectivity index (χ0) is 10.7. The fourth-order valence-corrected chi connectivity index (χ4v) is 3.67. The van der Waals surface area contributed by atoms with Gasteiger partial charge < -0.3 is 21.8 Å². The SMILES string of the molecule is C[Si]([O-])(c1ccccc1)c1ccccc1.[Br-].[Mg+2]. The van der Waals surface area contributed by atoms with Crippen LogP contribution in [0.15, 0.2) is 60.7 Å². The molecule has 0 aromatic heterocycles. The van der Waals surface area contributed by atoms with Crippen LogP contribution in [-0.4, -0.2) is 31.4 Å². The maximum Gasteiger partial charge on any atom is 2.00 e. The largest absolute Gasteiger partial charge is 2.00 e. The Balaban J connectivity index is 0.00000128. The Labute approximate surface area is 130 Å². The van der Waals surface area contributed by atoms with E-state index in [2.05, 4.69) is 0 Å². The third kappa shape index (κ3) is 3.93. The molecular formula is C13H13BrMgOSi. The van der Waals surface area contributed by atoms with Gasteiger partial charge in [0.05, 0.1) is 0 Å². The molecular weight excluding hydrogens is 304 g/mol. The van der Waals surface area contributed by atoms with E-state index in [-0.39, 0.29) is 40.0 Å². The molecule has 2 aromatic carbocycles. The Bertz CT molecular complexity index is 392. The molecule has 0 aliphatic rings. The normalized spacial score (nSPS) is 10.0. The van der Waals surface area contributed by atoms with Gasteiger partial charge in [-0.05, 0) is 0 Å². The van der Waals surface area contributed by atoms with Crippen molar-refractivity contribution in [3.05, 3.63) is 60.7 Å². The Morgan fingerprint density at radius 1 is 0.765 bits per heavy atom. The van der Waals surface area contributed by atoms with Crippen molar-refractivity contribution in [2.24, 2.45) is 0 Å². The molecule has 0 aliphatic carbocycles. The van der Waals surface area contributed by atoms with Crippen molar-refractivity contribution >= 4 is 41.7 Å². The number of rotatable bonds is 2. The Morgan fingerprint density at radius 2 is 1.06 bits per heavy atom. The van der Waals surface area contributed by atoms with Crippen LogP contribution in [0.4, 0.5) is 0 Å². The monoisotopic (exact) mass is 316 g/mol. The molecule has 0 atom stereocenters. The minimum atomic E-state index is -2.71. The quantitative estimate of drug-likeness (QED) is 0.556. The van der Waals surface area contributed by atoms with E-state index in [4.69, 9.17) is 0 Å². The van der Waals surface area contributed by atoms with Crippen molar-refractivity contribution in [3.63, 3.8) is 0 Å². The second-order valence-electron chi connectivity index (χ2n) is 3.77. The van der Waals surface area contributed by atoms with Gasteiger partial charge in [0, 0.05) is 8.32 Å². The van der Waals surface area contributed by atoms with Crippen molar-refractivity contribution in [3.8, 4) is 0 Å². The summed E-state index contributed by atoms with van der Waals surface area (Å²) in [6.07, 6.45) is 0. The molecule has 0 N–H and O–H groups in total. The minimum Gasteiger partial charge on any atom is -1.00 e. The third-order valence-electron chi connectivity index (χ3n) is 2.65. The molecule has 0 amide bonds. The van der Waals surface area contributed by atoms with Gasteiger partial charge >= 0.3 is 23.1 Å². The van der Waals surface area contributed by atoms with Crippen LogP contribution in [0.1, 0.15) is 0 Å².